The van der Waals surface area contributed by atoms with E-state index in [-0.39, 0.29) is 0 Å². The highest BCUT2D eigenvalue weighted by molar-refractivity contribution is 4.85. The predicted octanol–water partition coefficient (Wildman–Crippen LogP) is 1.79. The van der Waals surface area contributed by atoms with Crippen molar-refractivity contribution < 1.29 is 0 Å². The molecule has 1 aliphatic carbocycles. The van der Waals surface area contributed by atoms with Crippen molar-refractivity contribution >= 4 is 0 Å². The van der Waals surface area contributed by atoms with Crippen LogP contribution < -0.4 is 5.32 Å². The number of hydrogen-bond acceptors (Lipinski definition) is 3. The molecular weight excluding hydrogens is 222 g/mol. The zero-order valence-corrected chi connectivity index (χ0v) is 12.5. The van der Waals surface area contributed by atoms with E-state index in [0.717, 1.165) is 18.0 Å². The third-order valence-electron chi connectivity index (χ3n) is 4.48. The number of hydrogen-bond donors (Lipinski definition) is 1. The van der Waals surface area contributed by atoms with Crippen LogP contribution in [-0.2, 0) is 0 Å². The van der Waals surface area contributed by atoms with Gasteiger partial charge in [-0.15, -0.1) is 0 Å². The molecule has 3 heteroatoms. The lowest BCUT2D eigenvalue weighted by Gasteiger charge is -2.27. The summed E-state index contributed by atoms with van der Waals surface area (Å²) in [5, 5.41) is 3.65. The maximum absolute atomic E-state index is 3.65. The normalized spacial score (nSPS) is 27.0. The van der Waals surface area contributed by atoms with Crippen LogP contribution >= 0.6 is 0 Å². The average Bonchev–Trinajstić information content (AvgIpc) is 3.09. The van der Waals surface area contributed by atoms with E-state index in [0.29, 0.717) is 0 Å². The fraction of sp³-hybridized carbons (Fsp3) is 1.00. The molecule has 1 saturated heterocycles. The molecule has 0 bridgehead atoms. The number of likely N-dealkylation sites (tertiary alicyclic amines) is 1. The van der Waals surface area contributed by atoms with Crippen LogP contribution in [0.3, 0.4) is 0 Å². The highest BCUT2D eigenvalue weighted by atomic mass is 15.2. The van der Waals surface area contributed by atoms with Crippen molar-refractivity contribution in [3.8, 4) is 0 Å². The minimum absolute atomic E-state index is 0.793. The highest BCUT2D eigenvalue weighted by Gasteiger charge is 2.27. The van der Waals surface area contributed by atoms with Crippen LogP contribution in [0.15, 0.2) is 0 Å². The summed E-state index contributed by atoms with van der Waals surface area (Å²) in [6, 6.07) is 1.66. The molecule has 2 unspecified atom stereocenters. The summed E-state index contributed by atoms with van der Waals surface area (Å²) in [5.41, 5.74) is 0. The summed E-state index contributed by atoms with van der Waals surface area (Å²) in [5.74, 6) is 0.793. The molecule has 0 spiro atoms. The molecule has 2 rings (SSSR count). The summed E-state index contributed by atoms with van der Waals surface area (Å²) in [6.45, 7) is 14.4. The fourth-order valence-corrected chi connectivity index (χ4v) is 3.18. The summed E-state index contributed by atoms with van der Waals surface area (Å²) >= 11 is 0. The van der Waals surface area contributed by atoms with Crippen molar-refractivity contribution in [1.29, 1.82) is 0 Å². The predicted molar refractivity (Wildman–Crippen MR) is 78.0 cm³/mol. The second kappa shape index (κ2) is 6.88. The van der Waals surface area contributed by atoms with Crippen LogP contribution in [-0.4, -0.2) is 61.2 Å². The van der Waals surface area contributed by atoms with Gasteiger partial charge in [0.05, 0.1) is 0 Å². The van der Waals surface area contributed by atoms with E-state index >= 15 is 0 Å². The minimum Gasteiger partial charge on any atom is -0.314 e. The van der Waals surface area contributed by atoms with Gasteiger partial charge < -0.3 is 10.2 Å². The molecule has 2 aliphatic rings. The lowest BCUT2D eigenvalue weighted by molar-refractivity contribution is 0.203. The van der Waals surface area contributed by atoms with Gasteiger partial charge in [-0.2, -0.15) is 0 Å². The molecule has 2 atom stereocenters. The molecule has 1 saturated carbocycles. The van der Waals surface area contributed by atoms with Crippen molar-refractivity contribution in [2.24, 2.45) is 5.92 Å². The fourth-order valence-electron chi connectivity index (χ4n) is 3.18. The SMILES string of the molecule is CCN(CC)C1CCN(CC(C)CNC2CC2)C1. The van der Waals surface area contributed by atoms with Crippen LogP contribution in [0.4, 0.5) is 0 Å². The Morgan fingerprint density at radius 2 is 1.94 bits per heavy atom. The van der Waals surface area contributed by atoms with E-state index in [2.05, 4.69) is 35.9 Å². The van der Waals surface area contributed by atoms with Gasteiger partial charge in [-0.25, -0.2) is 0 Å². The molecule has 1 heterocycles. The van der Waals surface area contributed by atoms with Crippen molar-refractivity contribution in [2.45, 2.75) is 52.1 Å². The van der Waals surface area contributed by atoms with E-state index in [1.54, 1.807) is 0 Å². The summed E-state index contributed by atoms with van der Waals surface area (Å²) in [4.78, 5) is 5.29. The monoisotopic (exact) mass is 253 g/mol. The second-order valence-electron chi connectivity index (χ2n) is 6.21. The summed E-state index contributed by atoms with van der Waals surface area (Å²) < 4.78 is 0. The Bertz CT molecular complexity index is 236. The van der Waals surface area contributed by atoms with Crippen molar-refractivity contribution in [3.63, 3.8) is 0 Å². The minimum atomic E-state index is 0.793. The molecule has 1 N–H and O–H groups in total. The van der Waals surface area contributed by atoms with Crippen LogP contribution in [0.25, 0.3) is 0 Å². The Hall–Kier alpha value is -0.120. The number of nitrogens with one attached hydrogen (secondary N) is 1. The number of rotatable bonds is 8. The van der Waals surface area contributed by atoms with Gasteiger partial charge in [0.1, 0.15) is 0 Å². The maximum atomic E-state index is 3.65. The van der Waals surface area contributed by atoms with Gasteiger partial charge in [-0.05, 0) is 51.4 Å². The maximum Gasteiger partial charge on any atom is 0.0235 e. The molecule has 0 aromatic heterocycles. The molecule has 0 aromatic carbocycles. The zero-order valence-electron chi connectivity index (χ0n) is 12.5. The lowest BCUT2D eigenvalue weighted by atomic mass is 10.1. The highest BCUT2D eigenvalue weighted by Crippen LogP contribution is 2.20. The van der Waals surface area contributed by atoms with Gasteiger partial charge in [0.2, 0.25) is 0 Å². The molecule has 0 radical (unpaired) electrons. The third-order valence-corrected chi connectivity index (χ3v) is 4.48. The van der Waals surface area contributed by atoms with Gasteiger partial charge in [0.15, 0.2) is 0 Å². The average molecular weight is 253 g/mol. The molecular formula is C15H31N3. The van der Waals surface area contributed by atoms with Gasteiger partial charge in [-0.3, -0.25) is 4.90 Å². The standard InChI is InChI=1S/C15H31N3/c1-4-18(5-2)15-8-9-17(12-15)11-13(3)10-16-14-6-7-14/h13-16H,4-12H2,1-3H3. The van der Waals surface area contributed by atoms with Crippen LogP contribution in [0.2, 0.25) is 0 Å². The van der Waals surface area contributed by atoms with E-state index in [9.17, 15) is 0 Å². The molecule has 0 aromatic rings. The zero-order chi connectivity index (χ0) is 13.0. The van der Waals surface area contributed by atoms with Crippen LogP contribution in [0.5, 0.6) is 0 Å². The molecule has 2 fully saturated rings. The van der Waals surface area contributed by atoms with E-state index in [4.69, 9.17) is 0 Å². The van der Waals surface area contributed by atoms with Gasteiger partial charge in [0, 0.05) is 25.2 Å². The first kappa shape index (κ1) is 14.3. The van der Waals surface area contributed by atoms with Gasteiger partial charge >= 0.3 is 0 Å². The van der Waals surface area contributed by atoms with Crippen molar-refractivity contribution in [3.05, 3.63) is 0 Å². The largest absolute Gasteiger partial charge is 0.314 e. The lowest BCUT2D eigenvalue weighted by Crippen LogP contribution is -2.39. The molecule has 18 heavy (non-hydrogen) atoms. The van der Waals surface area contributed by atoms with Crippen molar-refractivity contribution in [2.75, 3.05) is 39.3 Å². The number of likely N-dealkylation sites (N-methyl/N-ethyl adjacent to an activating group) is 1. The van der Waals surface area contributed by atoms with E-state index in [1.807, 2.05) is 0 Å². The Balaban J connectivity index is 1.64. The Morgan fingerprint density at radius 1 is 1.22 bits per heavy atom. The van der Waals surface area contributed by atoms with Gasteiger partial charge in [-0.1, -0.05) is 20.8 Å². The summed E-state index contributed by atoms with van der Waals surface area (Å²) in [7, 11) is 0. The van der Waals surface area contributed by atoms with Gasteiger partial charge in [0.25, 0.3) is 0 Å². The Labute approximate surface area is 113 Å². The number of nitrogens with zero attached hydrogens (tertiary/aromatic N) is 2. The summed E-state index contributed by atoms with van der Waals surface area (Å²) in [6.07, 6.45) is 4.17. The molecule has 1 aliphatic heterocycles. The molecule has 106 valence electrons. The van der Waals surface area contributed by atoms with E-state index in [1.165, 1.54) is 58.5 Å². The topological polar surface area (TPSA) is 18.5 Å². The molecule has 3 nitrogen and oxygen atoms in total. The van der Waals surface area contributed by atoms with Crippen LogP contribution in [0.1, 0.15) is 40.0 Å². The first-order valence-electron chi connectivity index (χ1n) is 7.92. The van der Waals surface area contributed by atoms with Crippen LogP contribution in [0, 0.1) is 5.92 Å². The Morgan fingerprint density at radius 3 is 2.56 bits per heavy atom. The quantitative estimate of drug-likeness (QED) is 0.711. The molecule has 0 amide bonds. The second-order valence-corrected chi connectivity index (χ2v) is 6.21. The van der Waals surface area contributed by atoms with E-state index < -0.39 is 0 Å². The Kier molecular flexibility index (Phi) is 5.46. The van der Waals surface area contributed by atoms with Crippen molar-refractivity contribution in [1.82, 2.24) is 15.1 Å². The first-order valence-corrected chi connectivity index (χ1v) is 7.92. The smallest absolute Gasteiger partial charge is 0.0235 e. The third kappa shape index (κ3) is 4.22. The first-order chi connectivity index (χ1) is 8.72.